The van der Waals surface area contributed by atoms with E-state index >= 15 is 0 Å². The van der Waals surface area contributed by atoms with Gasteiger partial charge in [0, 0.05) is 44.4 Å². The van der Waals surface area contributed by atoms with E-state index in [4.69, 9.17) is 4.74 Å². The van der Waals surface area contributed by atoms with E-state index in [1.807, 2.05) is 12.3 Å². The van der Waals surface area contributed by atoms with E-state index < -0.39 is 0 Å². The molecule has 0 saturated carbocycles. The molecule has 1 aromatic heterocycles. The number of benzene rings is 1. The summed E-state index contributed by atoms with van der Waals surface area (Å²) in [5, 5.41) is 7.90. The predicted molar refractivity (Wildman–Crippen MR) is 125 cm³/mol. The topological polar surface area (TPSA) is 58.5 Å². The molecule has 0 spiro atoms. The maximum atomic E-state index is 5.60. The monoisotopic (exact) mass is 484 g/mol. The number of para-hydroxylation sites is 1. The minimum absolute atomic E-state index is 0. The number of guanidine groups is 1. The molecule has 0 aliphatic carbocycles. The van der Waals surface area contributed by atoms with Gasteiger partial charge in [0.25, 0.3) is 0 Å². The van der Waals surface area contributed by atoms with Crippen LogP contribution in [-0.4, -0.2) is 43.8 Å². The lowest BCUT2D eigenvalue weighted by Gasteiger charge is -2.12. The van der Waals surface area contributed by atoms with Crippen LogP contribution in [0.3, 0.4) is 0 Å². The Morgan fingerprint density at radius 2 is 2.00 bits per heavy atom. The first-order chi connectivity index (χ1) is 12.7. The van der Waals surface area contributed by atoms with Gasteiger partial charge in [0.2, 0.25) is 0 Å². The number of nitrogens with zero attached hydrogens (tertiary/aromatic N) is 2. The number of rotatable bonds is 10. The van der Waals surface area contributed by atoms with E-state index in [9.17, 15) is 0 Å². The van der Waals surface area contributed by atoms with Crippen molar-refractivity contribution in [3.05, 3.63) is 42.1 Å². The highest BCUT2D eigenvalue weighted by atomic mass is 127. The number of fused-ring (bicyclic) bond motifs is 1. The molecule has 0 fully saturated rings. The summed E-state index contributed by atoms with van der Waals surface area (Å²) in [5.41, 5.74) is 2.34. The highest BCUT2D eigenvalue weighted by Crippen LogP contribution is 2.15. The summed E-state index contributed by atoms with van der Waals surface area (Å²) in [5.74, 6) is 1.45. The molecule has 27 heavy (non-hydrogen) atoms. The van der Waals surface area contributed by atoms with Crippen molar-refractivity contribution in [1.82, 2.24) is 15.6 Å². The second-order valence-corrected chi connectivity index (χ2v) is 6.75. The largest absolute Gasteiger partial charge is 0.381 e. The summed E-state index contributed by atoms with van der Waals surface area (Å²) in [6.45, 7) is 10.4. The van der Waals surface area contributed by atoms with Crippen LogP contribution in [0.15, 0.2) is 41.5 Å². The summed E-state index contributed by atoms with van der Waals surface area (Å²) in [6.07, 6.45) is 3.71. The molecule has 1 aromatic carbocycles. The van der Waals surface area contributed by atoms with Crippen LogP contribution in [0.1, 0.15) is 32.8 Å². The Kier molecular flexibility index (Phi) is 12.0. The molecule has 0 aliphatic rings. The molecule has 0 unspecified atom stereocenters. The maximum Gasteiger partial charge on any atom is 0.191 e. The third kappa shape index (κ3) is 8.88. The van der Waals surface area contributed by atoms with Crippen molar-refractivity contribution in [2.24, 2.45) is 10.9 Å². The van der Waals surface area contributed by atoms with Crippen LogP contribution in [0, 0.1) is 5.92 Å². The number of aromatic nitrogens is 1. The average Bonchev–Trinajstić information content (AvgIpc) is 2.64. The van der Waals surface area contributed by atoms with E-state index in [0.717, 1.165) is 57.2 Å². The Bertz CT molecular complexity index is 685. The van der Waals surface area contributed by atoms with Gasteiger partial charge in [-0.05, 0) is 37.3 Å². The molecule has 0 aliphatic heterocycles. The average molecular weight is 484 g/mol. The van der Waals surface area contributed by atoms with E-state index in [0.29, 0.717) is 5.92 Å². The predicted octanol–water partition coefficient (Wildman–Crippen LogP) is 4.01. The highest BCUT2D eigenvalue weighted by molar-refractivity contribution is 14.0. The van der Waals surface area contributed by atoms with Crippen LogP contribution in [-0.2, 0) is 11.2 Å². The van der Waals surface area contributed by atoms with E-state index in [-0.39, 0.29) is 24.0 Å². The number of halogens is 1. The van der Waals surface area contributed by atoms with Crippen molar-refractivity contribution in [2.75, 3.05) is 32.8 Å². The fourth-order valence-corrected chi connectivity index (χ4v) is 2.70. The van der Waals surface area contributed by atoms with Crippen LogP contribution in [0.25, 0.3) is 10.9 Å². The second-order valence-electron chi connectivity index (χ2n) is 6.75. The fourth-order valence-electron chi connectivity index (χ4n) is 2.70. The lowest BCUT2D eigenvalue weighted by Crippen LogP contribution is -2.38. The lowest BCUT2D eigenvalue weighted by atomic mass is 10.1. The first-order valence-electron chi connectivity index (χ1n) is 9.63. The van der Waals surface area contributed by atoms with E-state index in [1.54, 1.807) is 0 Å². The molecule has 2 aromatic rings. The summed E-state index contributed by atoms with van der Waals surface area (Å²) in [7, 11) is 0. The molecule has 150 valence electrons. The van der Waals surface area contributed by atoms with Crippen molar-refractivity contribution in [3.63, 3.8) is 0 Å². The number of hydrogen-bond donors (Lipinski definition) is 2. The zero-order valence-corrected chi connectivity index (χ0v) is 19.0. The third-order valence-corrected chi connectivity index (χ3v) is 3.92. The lowest BCUT2D eigenvalue weighted by molar-refractivity contribution is 0.109. The third-order valence-electron chi connectivity index (χ3n) is 3.92. The highest BCUT2D eigenvalue weighted by Gasteiger charge is 2.03. The summed E-state index contributed by atoms with van der Waals surface area (Å²) < 4.78 is 5.60. The van der Waals surface area contributed by atoms with Crippen LogP contribution >= 0.6 is 24.0 Å². The Morgan fingerprint density at radius 1 is 1.19 bits per heavy atom. The molecule has 0 atom stereocenters. The van der Waals surface area contributed by atoms with Gasteiger partial charge < -0.3 is 15.4 Å². The molecular weight excluding hydrogens is 451 g/mol. The molecule has 0 radical (unpaired) electrons. The molecule has 2 N–H and O–H groups in total. The van der Waals surface area contributed by atoms with E-state index in [2.05, 4.69) is 65.6 Å². The smallest absolute Gasteiger partial charge is 0.191 e. The first kappa shape index (κ1) is 23.6. The molecule has 6 heteroatoms. The molecule has 1 heterocycles. The Hall–Kier alpha value is -1.41. The van der Waals surface area contributed by atoms with Crippen molar-refractivity contribution in [1.29, 1.82) is 0 Å². The number of hydrogen-bond acceptors (Lipinski definition) is 3. The Labute approximate surface area is 180 Å². The zero-order valence-electron chi connectivity index (χ0n) is 16.7. The van der Waals surface area contributed by atoms with Crippen LogP contribution in [0.2, 0.25) is 0 Å². The van der Waals surface area contributed by atoms with Crippen molar-refractivity contribution in [3.8, 4) is 0 Å². The van der Waals surface area contributed by atoms with Crippen molar-refractivity contribution < 1.29 is 4.74 Å². The fraction of sp³-hybridized carbons (Fsp3) is 0.524. The van der Waals surface area contributed by atoms with Gasteiger partial charge in [0.15, 0.2) is 5.96 Å². The van der Waals surface area contributed by atoms with Crippen molar-refractivity contribution in [2.45, 2.75) is 33.6 Å². The number of nitrogens with one attached hydrogen (secondary N) is 2. The van der Waals surface area contributed by atoms with Gasteiger partial charge in [-0.2, -0.15) is 0 Å². The molecule has 5 nitrogen and oxygen atoms in total. The molecule has 0 amide bonds. The van der Waals surface area contributed by atoms with Crippen LogP contribution in [0.5, 0.6) is 0 Å². The maximum absolute atomic E-state index is 5.60. The number of aliphatic imine (C=N–C) groups is 1. The van der Waals surface area contributed by atoms with Gasteiger partial charge in [0.05, 0.1) is 5.52 Å². The number of pyridine rings is 1. The normalized spacial score (nSPS) is 11.5. The van der Waals surface area contributed by atoms with E-state index in [1.165, 1.54) is 10.9 Å². The Morgan fingerprint density at radius 3 is 2.78 bits per heavy atom. The van der Waals surface area contributed by atoms with Crippen LogP contribution < -0.4 is 10.6 Å². The zero-order chi connectivity index (χ0) is 18.6. The van der Waals surface area contributed by atoms with Gasteiger partial charge in [-0.25, -0.2) is 0 Å². The molecule has 0 saturated heterocycles. The first-order valence-corrected chi connectivity index (χ1v) is 9.63. The second kappa shape index (κ2) is 13.7. The van der Waals surface area contributed by atoms with Gasteiger partial charge in [-0.1, -0.05) is 38.1 Å². The summed E-state index contributed by atoms with van der Waals surface area (Å²) >= 11 is 0. The minimum atomic E-state index is 0. The summed E-state index contributed by atoms with van der Waals surface area (Å²) in [6, 6.07) is 10.4. The van der Waals surface area contributed by atoms with Crippen LogP contribution in [0.4, 0.5) is 0 Å². The standard InChI is InChI=1S/C21H32N4O.HI/c1-4-22-21(24-13-7-15-26-16-17(2)3)25-14-11-19-9-5-8-18-10-6-12-23-20(18)19;/h5-6,8-10,12,17H,4,7,11,13-16H2,1-3H3,(H2,22,24,25);1H. The quantitative estimate of drug-likeness (QED) is 0.232. The van der Waals surface area contributed by atoms with Gasteiger partial charge in [-0.3, -0.25) is 9.98 Å². The van der Waals surface area contributed by atoms with Gasteiger partial charge >= 0.3 is 0 Å². The number of ether oxygens (including phenoxy) is 1. The minimum Gasteiger partial charge on any atom is -0.381 e. The molecular formula is C21H33IN4O. The Balaban J connectivity index is 0.00000364. The van der Waals surface area contributed by atoms with Gasteiger partial charge in [0.1, 0.15) is 0 Å². The molecule has 0 bridgehead atoms. The molecule has 2 rings (SSSR count). The van der Waals surface area contributed by atoms with Crippen molar-refractivity contribution >= 4 is 40.8 Å². The SMILES string of the molecule is CCNC(=NCCCOCC(C)C)NCCc1cccc2cccnc12.I. The van der Waals surface area contributed by atoms with Gasteiger partial charge in [-0.15, -0.1) is 24.0 Å². The summed E-state index contributed by atoms with van der Waals surface area (Å²) in [4.78, 5) is 9.14.